The number of aromatic nitrogens is 2. The fourth-order valence-corrected chi connectivity index (χ4v) is 2.14. The van der Waals surface area contributed by atoms with Crippen LogP contribution >= 0.6 is 0 Å². The van der Waals surface area contributed by atoms with E-state index >= 15 is 0 Å². The molecule has 1 aromatic carbocycles. The minimum atomic E-state index is -0.571. The SMILES string of the molecule is CC(C)(C(=O)NCCCc1ncc[nH]1)c1ccc(N)cc1. The minimum Gasteiger partial charge on any atom is -0.399 e. The molecule has 5 nitrogen and oxygen atoms in total. The summed E-state index contributed by atoms with van der Waals surface area (Å²) in [4.78, 5) is 19.6. The van der Waals surface area contributed by atoms with E-state index in [-0.39, 0.29) is 5.91 Å². The van der Waals surface area contributed by atoms with Crippen LogP contribution in [0.15, 0.2) is 36.7 Å². The highest BCUT2D eigenvalue weighted by Crippen LogP contribution is 2.24. The molecule has 1 heterocycles. The maximum Gasteiger partial charge on any atom is 0.230 e. The van der Waals surface area contributed by atoms with Crippen LogP contribution in [-0.2, 0) is 16.6 Å². The molecule has 0 saturated carbocycles. The van der Waals surface area contributed by atoms with Crippen molar-refractivity contribution < 1.29 is 4.79 Å². The molecule has 0 saturated heterocycles. The van der Waals surface area contributed by atoms with Gasteiger partial charge in [-0.1, -0.05) is 12.1 Å². The van der Waals surface area contributed by atoms with Crippen molar-refractivity contribution in [3.05, 3.63) is 48.0 Å². The van der Waals surface area contributed by atoms with Gasteiger partial charge < -0.3 is 16.0 Å². The van der Waals surface area contributed by atoms with Crippen LogP contribution in [-0.4, -0.2) is 22.4 Å². The number of imidazole rings is 1. The number of H-pyrrole nitrogens is 1. The Bertz CT molecular complexity index is 573. The van der Waals surface area contributed by atoms with Crippen molar-refractivity contribution in [2.45, 2.75) is 32.1 Å². The number of carbonyl (C=O) groups is 1. The second-order valence-electron chi connectivity index (χ2n) is 5.64. The number of amides is 1. The molecule has 2 aromatic rings. The molecular formula is C16H22N4O. The van der Waals surface area contributed by atoms with Crippen molar-refractivity contribution in [3.8, 4) is 0 Å². The van der Waals surface area contributed by atoms with Crippen LogP contribution in [0.3, 0.4) is 0 Å². The van der Waals surface area contributed by atoms with Crippen LogP contribution in [0.25, 0.3) is 0 Å². The Hall–Kier alpha value is -2.30. The van der Waals surface area contributed by atoms with Crippen LogP contribution in [0.2, 0.25) is 0 Å². The first-order valence-electron chi connectivity index (χ1n) is 7.13. The highest BCUT2D eigenvalue weighted by atomic mass is 16.2. The number of aryl methyl sites for hydroxylation is 1. The van der Waals surface area contributed by atoms with E-state index in [1.165, 1.54) is 0 Å². The maximum atomic E-state index is 12.3. The van der Waals surface area contributed by atoms with Crippen LogP contribution in [0.5, 0.6) is 0 Å². The summed E-state index contributed by atoms with van der Waals surface area (Å²) in [6, 6.07) is 7.44. The number of aromatic amines is 1. The molecule has 0 spiro atoms. The first-order valence-corrected chi connectivity index (χ1v) is 7.13. The number of carbonyl (C=O) groups excluding carboxylic acids is 1. The lowest BCUT2D eigenvalue weighted by Crippen LogP contribution is -2.40. The summed E-state index contributed by atoms with van der Waals surface area (Å²) in [6.45, 7) is 4.47. The van der Waals surface area contributed by atoms with E-state index in [4.69, 9.17) is 5.73 Å². The minimum absolute atomic E-state index is 0.0201. The van der Waals surface area contributed by atoms with Crippen molar-refractivity contribution in [2.75, 3.05) is 12.3 Å². The van der Waals surface area contributed by atoms with Crippen LogP contribution in [0, 0.1) is 0 Å². The Morgan fingerprint density at radius 2 is 2.05 bits per heavy atom. The Labute approximate surface area is 125 Å². The zero-order valence-electron chi connectivity index (χ0n) is 12.5. The highest BCUT2D eigenvalue weighted by molar-refractivity contribution is 5.87. The van der Waals surface area contributed by atoms with E-state index in [2.05, 4.69) is 15.3 Å². The molecule has 0 bridgehead atoms. The molecular weight excluding hydrogens is 264 g/mol. The standard InChI is InChI=1S/C16H22N4O/c1-16(2,12-5-7-13(17)8-6-12)15(21)20-9-3-4-14-18-10-11-19-14/h5-8,10-11H,3-4,9,17H2,1-2H3,(H,18,19)(H,20,21). The number of rotatable bonds is 6. The lowest BCUT2D eigenvalue weighted by atomic mass is 9.83. The number of benzene rings is 1. The van der Waals surface area contributed by atoms with Gasteiger partial charge in [0.25, 0.3) is 0 Å². The van der Waals surface area contributed by atoms with E-state index in [0.29, 0.717) is 12.2 Å². The molecule has 2 rings (SSSR count). The fraction of sp³-hybridized carbons (Fsp3) is 0.375. The second-order valence-corrected chi connectivity index (χ2v) is 5.64. The van der Waals surface area contributed by atoms with E-state index in [9.17, 15) is 4.79 Å². The summed E-state index contributed by atoms with van der Waals surface area (Å²) < 4.78 is 0. The number of nitrogens with two attached hydrogens (primary N) is 1. The van der Waals surface area contributed by atoms with Gasteiger partial charge in [0.15, 0.2) is 0 Å². The van der Waals surface area contributed by atoms with Gasteiger partial charge in [0, 0.05) is 31.0 Å². The largest absolute Gasteiger partial charge is 0.399 e. The van der Waals surface area contributed by atoms with Crippen molar-refractivity contribution in [3.63, 3.8) is 0 Å². The molecule has 5 heteroatoms. The lowest BCUT2D eigenvalue weighted by molar-refractivity contribution is -0.125. The van der Waals surface area contributed by atoms with Crippen LogP contribution in [0.4, 0.5) is 5.69 Å². The topological polar surface area (TPSA) is 83.8 Å². The normalized spacial score (nSPS) is 11.3. The van der Waals surface area contributed by atoms with E-state index in [1.807, 2.05) is 38.1 Å². The Morgan fingerprint density at radius 3 is 2.67 bits per heavy atom. The van der Waals surface area contributed by atoms with Crippen LogP contribution < -0.4 is 11.1 Å². The average Bonchev–Trinajstić information content (AvgIpc) is 2.97. The fourth-order valence-electron chi connectivity index (χ4n) is 2.14. The zero-order valence-corrected chi connectivity index (χ0v) is 12.5. The first kappa shape index (κ1) is 15.1. The van der Waals surface area contributed by atoms with Crippen molar-refractivity contribution in [2.24, 2.45) is 0 Å². The summed E-state index contributed by atoms with van der Waals surface area (Å²) in [6.07, 6.45) is 5.23. The summed E-state index contributed by atoms with van der Waals surface area (Å²) in [5.41, 5.74) is 6.77. The Balaban J connectivity index is 1.85. The Morgan fingerprint density at radius 1 is 1.33 bits per heavy atom. The molecule has 0 aliphatic carbocycles. The summed E-state index contributed by atoms with van der Waals surface area (Å²) in [5.74, 6) is 0.966. The van der Waals surface area contributed by atoms with Gasteiger partial charge in [-0.2, -0.15) is 0 Å². The third-order valence-electron chi connectivity index (χ3n) is 3.63. The van der Waals surface area contributed by atoms with Crippen molar-refractivity contribution >= 4 is 11.6 Å². The molecule has 21 heavy (non-hydrogen) atoms. The molecule has 0 unspecified atom stereocenters. The van der Waals surface area contributed by atoms with Gasteiger partial charge in [-0.25, -0.2) is 4.98 Å². The van der Waals surface area contributed by atoms with E-state index < -0.39 is 5.41 Å². The maximum absolute atomic E-state index is 12.3. The number of nitrogens with one attached hydrogen (secondary N) is 2. The van der Waals surface area contributed by atoms with E-state index in [0.717, 1.165) is 24.2 Å². The summed E-state index contributed by atoms with van der Waals surface area (Å²) >= 11 is 0. The van der Waals surface area contributed by atoms with Crippen molar-refractivity contribution in [1.82, 2.24) is 15.3 Å². The monoisotopic (exact) mass is 286 g/mol. The first-order chi connectivity index (χ1) is 10.00. The number of anilines is 1. The smallest absolute Gasteiger partial charge is 0.230 e. The van der Waals surface area contributed by atoms with Gasteiger partial charge >= 0.3 is 0 Å². The van der Waals surface area contributed by atoms with Gasteiger partial charge in [0.2, 0.25) is 5.91 Å². The van der Waals surface area contributed by atoms with Gasteiger partial charge in [0.1, 0.15) is 5.82 Å². The third kappa shape index (κ3) is 3.84. The molecule has 0 aliphatic rings. The molecule has 0 atom stereocenters. The predicted molar refractivity (Wildman–Crippen MR) is 83.8 cm³/mol. The average molecular weight is 286 g/mol. The number of nitrogens with zero attached hydrogens (tertiary/aromatic N) is 1. The van der Waals surface area contributed by atoms with Gasteiger partial charge in [-0.3, -0.25) is 4.79 Å². The quantitative estimate of drug-likeness (QED) is 0.561. The van der Waals surface area contributed by atoms with Gasteiger partial charge in [-0.05, 0) is 38.0 Å². The summed E-state index contributed by atoms with van der Waals surface area (Å²) in [7, 11) is 0. The number of hydrogen-bond donors (Lipinski definition) is 3. The van der Waals surface area contributed by atoms with Crippen LogP contribution in [0.1, 0.15) is 31.7 Å². The van der Waals surface area contributed by atoms with Crippen molar-refractivity contribution in [1.29, 1.82) is 0 Å². The zero-order chi connectivity index (χ0) is 15.3. The number of hydrogen-bond acceptors (Lipinski definition) is 3. The van der Waals surface area contributed by atoms with Gasteiger partial charge in [-0.15, -0.1) is 0 Å². The van der Waals surface area contributed by atoms with Gasteiger partial charge in [0.05, 0.1) is 5.41 Å². The molecule has 112 valence electrons. The second kappa shape index (κ2) is 6.43. The molecule has 0 fully saturated rings. The predicted octanol–water partition coefficient (Wildman–Crippen LogP) is 2.02. The lowest BCUT2D eigenvalue weighted by Gasteiger charge is -2.24. The molecule has 0 radical (unpaired) electrons. The molecule has 4 N–H and O–H groups in total. The third-order valence-corrected chi connectivity index (χ3v) is 3.63. The molecule has 0 aliphatic heterocycles. The highest BCUT2D eigenvalue weighted by Gasteiger charge is 2.29. The molecule has 1 aromatic heterocycles. The molecule has 1 amide bonds. The van der Waals surface area contributed by atoms with E-state index in [1.54, 1.807) is 12.4 Å². The number of nitrogen functional groups attached to an aromatic ring is 1. The Kier molecular flexibility index (Phi) is 4.62. The summed E-state index contributed by atoms with van der Waals surface area (Å²) in [5, 5.41) is 2.99.